The number of esters is 2. The van der Waals surface area contributed by atoms with Crippen LogP contribution in [0.15, 0.2) is 24.0 Å². The minimum atomic E-state index is -0.410. The summed E-state index contributed by atoms with van der Waals surface area (Å²) < 4.78 is 9.98. The minimum absolute atomic E-state index is 0.306. The van der Waals surface area contributed by atoms with Crippen molar-refractivity contribution in [2.24, 2.45) is 5.41 Å². The van der Waals surface area contributed by atoms with Crippen LogP contribution in [0.5, 0.6) is 0 Å². The summed E-state index contributed by atoms with van der Waals surface area (Å²) in [5, 5.41) is 0. The summed E-state index contributed by atoms with van der Waals surface area (Å²) in [7, 11) is 1.34. The standard InChI is InChI=1S/C14H20O4/c1-5-8-14(6-2)9-7-11(18-10(3)15)12(14)13(16)17-4/h5H,1,6-9H2,2-4H3. The van der Waals surface area contributed by atoms with Crippen molar-refractivity contribution in [2.45, 2.75) is 39.5 Å². The van der Waals surface area contributed by atoms with Gasteiger partial charge in [-0.1, -0.05) is 13.0 Å². The van der Waals surface area contributed by atoms with Gasteiger partial charge in [-0.3, -0.25) is 4.79 Å². The van der Waals surface area contributed by atoms with E-state index in [-0.39, 0.29) is 5.41 Å². The van der Waals surface area contributed by atoms with E-state index in [0.29, 0.717) is 24.2 Å². The number of carbonyl (C=O) groups excluding carboxylic acids is 2. The molecule has 0 spiro atoms. The van der Waals surface area contributed by atoms with Gasteiger partial charge in [0.05, 0.1) is 12.7 Å². The van der Waals surface area contributed by atoms with E-state index in [0.717, 1.165) is 12.8 Å². The monoisotopic (exact) mass is 252 g/mol. The zero-order valence-electron chi connectivity index (χ0n) is 11.2. The van der Waals surface area contributed by atoms with Gasteiger partial charge in [0.1, 0.15) is 5.76 Å². The van der Waals surface area contributed by atoms with Gasteiger partial charge in [-0.2, -0.15) is 0 Å². The van der Waals surface area contributed by atoms with Crippen LogP contribution in [0.2, 0.25) is 0 Å². The topological polar surface area (TPSA) is 52.6 Å². The Morgan fingerprint density at radius 1 is 1.50 bits per heavy atom. The van der Waals surface area contributed by atoms with Crippen molar-refractivity contribution in [2.75, 3.05) is 7.11 Å². The second-order valence-corrected chi connectivity index (χ2v) is 4.51. The van der Waals surface area contributed by atoms with E-state index in [1.807, 2.05) is 6.92 Å². The number of hydrogen-bond donors (Lipinski definition) is 0. The number of rotatable bonds is 5. The van der Waals surface area contributed by atoms with Crippen LogP contribution in [0, 0.1) is 5.41 Å². The van der Waals surface area contributed by atoms with Crippen molar-refractivity contribution in [3.05, 3.63) is 24.0 Å². The van der Waals surface area contributed by atoms with Crippen LogP contribution in [0.4, 0.5) is 0 Å². The zero-order valence-corrected chi connectivity index (χ0v) is 11.2. The molecular weight excluding hydrogens is 232 g/mol. The molecule has 4 nitrogen and oxygen atoms in total. The van der Waals surface area contributed by atoms with Gasteiger partial charge < -0.3 is 9.47 Å². The fraction of sp³-hybridized carbons (Fsp3) is 0.571. The fourth-order valence-corrected chi connectivity index (χ4v) is 2.58. The van der Waals surface area contributed by atoms with Crippen molar-refractivity contribution in [3.8, 4) is 0 Å². The third kappa shape index (κ3) is 2.63. The van der Waals surface area contributed by atoms with Gasteiger partial charge >= 0.3 is 11.9 Å². The Morgan fingerprint density at radius 2 is 2.17 bits per heavy atom. The third-order valence-corrected chi connectivity index (χ3v) is 3.51. The second kappa shape index (κ2) is 5.85. The Bertz CT molecular complexity index is 395. The normalized spacial score (nSPS) is 22.8. The molecule has 1 atom stereocenters. The molecular formula is C14H20O4. The van der Waals surface area contributed by atoms with Gasteiger partial charge in [0.25, 0.3) is 0 Å². The molecule has 0 aromatic carbocycles. The van der Waals surface area contributed by atoms with Crippen LogP contribution >= 0.6 is 0 Å². The Morgan fingerprint density at radius 3 is 2.61 bits per heavy atom. The quantitative estimate of drug-likeness (QED) is 0.557. The molecule has 4 heteroatoms. The summed E-state index contributed by atoms with van der Waals surface area (Å²) in [6.45, 7) is 7.09. The van der Waals surface area contributed by atoms with Gasteiger partial charge in [-0.15, -0.1) is 6.58 Å². The zero-order chi connectivity index (χ0) is 13.8. The predicted molar refractivity (Wildman–Crippen MR) is 67.6 cm³/mol. The molecule has 0 aromatic rings. The lowest BCUT2D eigenvalue weighted by molar-refractivity contribution is -0.138. The Balaban J connectivity index is 3.21. The Hall–Kier alpha value is -1.58. The molecule has 0 amide bonds. The number of hydrogen-bond acceptors (Lipinski definition) is 4. The maximum atomic E-state index is 11.9. The van der Waals surface area contributed by atoms with Gasteiger partial charge in [0.15, 0.2) is 0 Å². The first-order valence-corrected chi connectivity index (χ1v) is 6.12. The van der Waals surface area contributed by atoms with Crippen molar-refractivity contribution in [3.63, 3.8) is 0 Å². The molecule has 1 aliphatic carbocycles. The molecule has 18 heavy (non-hydrogen) atoms. The smallest absolute Gasteiger partial charge is 0.337 e. The first-order valence-electron chi connectivity index (χ1n) is 6.12. The minimum Gasteiger partial charge on any atom is -0.466 e. The fourth-order valence-electron chi connectivity index (χ4n) is 2.58. The summed E-state index contributed by atoms with van der Waals surface area (Å²) in [5.74, 6) is -0.359. The van der Waals surface area contributed by atoms with Gasteiger partial charge in [-0.05, 0) is 19.3 Å². The second-order valence-electron chi connectivity index (χ2n) is 4.51. The van der Waals surface area contributed by atoms with Crippen LogP contribution in [0.3, 0.4) is 0 Å². The molecule has 0 bridgehead atoms. The highest BCUT2D eigenvalue weighted by Crippen LogP contribution is 2.49. The Kier molecular flexibility index (Phi) is 4.70. The molecule has 0 radical (unpaired) electrons. The van der Waals surface area contributed by atoms with Crippen molar-refractivity contribution in [1.82, 2.24) is 0 Å². The molecule has 0 aliphatic heterocycles. The van der Waals surface area contributed by atoms with Crippen molar-refractivity contribution < 1.29 is 19.1 Å². The number of allylic oxidation sites excluding steroid dienone is 2. The lowest BCUT2D eigenvalue weighted by atomic mass is 9.76. The maximum Gasteiger partial charge on any atom is 0.337 e. The number of carbonyl (C=O) groups is 2. The van der Waals surface area contributed by atoms with Gasteiger partial charge in [-0.25, -0.2) is 4.79 Å². The number of ether oxygens (including phenoxy) is 2. The molecule has 1 unspecified atom stereocenters. The molecule has 0 saturated heterocycles. The van der Waals surface area contributed by atoms with Crippen LogP contribution in [0.25, 0.3) is 0 Å². The molecule has 100 valence electrons. The summed E-state index contributed by atoms with van der Waals surface area (Å²) in [5.41, 5.74) is 0.196. The average molecular weight is 252 g/mol. The molecule has 0 saturated carbocycles. The highest BCUT2D eigenvalue weighted by molar-refractivity contribution is 5.91. The van der Waals surface area contributed by atoms with Crippen LogP contribution in [-0.4, -0.2) is 19.0 Å². The van der Waals surface area contributed by atoms with Crippen LogP contribution in [-0.2, 0) is 19.1 Å². The van der Waals surface area contributed by atoms with Crippen molar-refractivity contribution in [1.29, 1.82) is 0 Å². The SMILES string of the molecule is C=CCC1(CC)CCC(OC(C)=O)=C1C(=O)OC. The Labute approximate surface area is 108 Å². The maximum absolute atomic E-state index is 11.9. The summed E-state index contributed by atoms with van der Waals surface area (Å²) in [6, 6.07) is 0. The van der Waals surface area contributed by atoms with Gasteiger partial charge in [0, 0.05) is 18.8 Å². The molecule has 0 heterocycles. The van der Waals surface area contributed by atoms with E-state index in [9.17, 15) is 9.59 Å². The first kappa shape index (κ1) is 14.5. The highest BCUT2D eigenvalue weighted by atomic mass is 16.5. The summed E-state index contributed by atoms with van der Waals surface area (Å²) in [4.78, 5) is 23.0. The third-order valence-electron chi connectivity index (χ3n) is 3.51. The lowest BCUT2D eigenvalue weighted by Crippen LogP contribution is -2.25. The predicted octanol–water partition coefficient (Wildman–Crippen LogP) is 2.74. The van der Waals surface area contributed by atoms with Crippen LogP contribution < -0.4 is 0 Å². The van der Waals surface area contributed by atoms with E-state index in [1.54, 1.807) is 6.08 Å². The molecule has 0 N–H and O–H groups in total. The molecule has 0 aromatic heterocycles. The van der Waals surface area contributed by atoms with Crippen LogP contribution in [0.1, 0.15) is 39.5 Å². The van der Waals surface area contributed by atoms with Gasteiger partial charge in [0.2, 0.25) is 0 Å². The first-order chi connectivity index (χ1) is 8.50. The van der Waals surface area contributed by atoms with E-state index in [2.05, 4.69) is 6.58 Å². The largest absolute Gasteiger partial charge is 0.466 e. The lowest BCUT2D eigenvalue weighted by Gasteiger charge is -2.28. The van der Waals surface area contributed by atoms with Crippen molar-refractivity contribution >= 4 is 11.9 Å². The molecule has 1 rings (SSSR count). The van der Waals surface area contributed by atoms with E-state index in [1.165, 1.54) is 14.0 Å². The van der Waals surface area contributed by atoms with E-state index < -0.39 is 11.9 Å². The number of methoxy groups -OCH3 is 1. The molecule has 1 aliphatic rings. The summed E-state index contributed by atoms with van der Waals surface area (Å²) in [6.07, 6.45) is 4.63. The van der Waals surface area contributed by atoms with E-state index >= 15 is 0 Å². The average Bonchev–Trinajstić information content (AvgIpc) is 2.67. The summed E-state index contributed by atoms with van der Waals surface area (Å²) >= 11 is 0. The highest BCUT2D eigenvalue weighted by Gasteiger charge is 2.44. The van der Waals surface area contributed by atoms with E-state index in [4.69, 9.17) is 9.47 Å². The molecule has 0 fully saturated rings.